The lowest BCUT2D eigenvalue weighted by molar-refractivity contribution is -0.870. The molecule has 0 saturated carbocycles. The van der Waals surface area contributed by atoms with Crippen molar-refractivity contribution < 1.29 is 32.9 Å². The number of hydrogen-bond donors (Lipinski definition) is 3. The molecule has 3 unspecified atom stereocenters. The SMILES string of the molecule is CC/C=C\C/C=C\C/C=C\C/C=C\C/C=C\C/C=C\C/C=C\CCCCCCCCCCCCCCCCCCCC(=O)NC(COP(=O)(O)OCC[N+](C)(C)C)C(O)CCCCCCCCCCCCCCCCCCCCCC. The maximum absolute atomic E-state index is 13.1. The second-order valence-electron chi connectivity index (χ2n) is 24.5. The molecule has 0 aromatic rings. The zero-order valence-corrected chi connectivity index (χ0v) is 54.9. The Balaban J connectivity index is 3.99. The number of carbonyl (C=O) groups is 1. The van der Waals surface area contributed by atoms with Gasteiger partial charge in [-0.1, -0.05) is 324 Å². The number of carbonyl (C=O) groups excluding carboxylic acids is 1. The summed E-state index contributed by atoms with van der Waals surface area (Å²) in [5.41, 5.74) is 0. The number of unbranched alkanes of at least 4 members (excludes halogenated alkanes) is 36. The Bertz CT molecular complexity index is 1600. The lowest BCUT2D eigenvalue weighted by Crippen LogP contribution is -2.46. The van der Waals surface area contributed by atoms with Gasteiger partial charge in [0.05, 0.1) is 39.9 Å². The molecule has 0 aliphatic heterocycles. The third kappa shape index (κ3) is 65.1. The number of quaternary nitrogens is 1. The van der Waals surface area contributed by atoms with Gasteiger partial charge in [0, 0.05) is 6.42 Å². The van der Waals surface area contributed by atoms with Gasteiger partial charge >= 0.3 is 7.82 Å². The summed E-state index contributed by atoms with van der Waals surface area (Å²) in [5, 5.41) is 14.1. The summed E-state index contributed by atoms with van der Waals surface area (Å²) in [6.45, 7) is 4.81. The molecule has 3 N–H and O–H groups in total. The Labute approximate surface area is 503 Å². The van der Waals surface area contributed by atoms with Crippen LogP contribution in [0.3, 0.4) is 0 Å². The van der Waals surface area contributed by atoms with Gasteiger partial charge in [0.15, 0.2) is 0 Å². The molecule has 0 aromatic heterocycles. The van der Waals surface area contributed by atoms with E-state index in [0.717, 1.165) is 83.5 Å². The van der Waals surface area contributed by atoms with Gasteiger partial charge in [-0.15, -0.1) is 0 Å². The van der Waals surface area contributed by atoms with Crippen LogP contribution in [0, 0.1) is 0 Å². The molecule has 0 saturated heterocycles. The van der Waals surface area contributed by atoms with E-state index in [1.165, 1.54) is 205 Å². The largest absolute Gasteiger partial charge is 0.472 e. The summed E-state index contributed by atoms with van der Waals surface area (Å²) in [6.07, 6.45) is 88.2. The number of nitrogens with one attached hydrogen (secondary N) is 1. The van der Waals surface area contributed by atoms with Crippen LogP contribution in [0.5, 0.6) is 0 Å². The summed E-state index contributed by atoms with van der Waals surface area (Å²) in [4.78, 5) is 23.4. The minimum Gasteiger partial charge on any atom is -0.391 e. The molecule has 0 aliphatic carbocycles. The van der Waals surface area contributed by atoms with E-state index < -0.39 is 20.0 Å². The van der Waals surface area contributed by atoms with E-state index in [0.29, 0.717) is 23.9 Å². The van der Waals surface area contributed by atoms with Crippen LogP contribution >= 0.6 is 7.82 Å². The fourth-order valence-corrected chi connectivity index (χ4v) is 10.8. The van der Waals surface area contributed by atoms with Crippen molar-refractivity contribution in [3.63, 3.8) is 0 Å². The number of aliphatic hydroxyl groups is 1. The molecule has 0 heterocycles. The molecule has 0 rings (SSSR count). The molecule has 0 aliphatic rings. The predicted octanol–water partition coefficient (Wildman–Crippen LogP) is 21.9. The van der Waals surface area contributed by atoms with Crippen LogP contribution in [0.1, 0.15) is 316 Å². The standard InChI is InChI=1S/C72H133N2O6P/c1-6-8-10-12-14-16-18-20-22-24-26-28-29-30-31-32-33-34-35-36-37-38-39-40-41-42-43-44-45-46-48-50-52-54-56-58-60-62-64-66-72(76)73-70(69-80-81(77,78)79-68-67-74(3,4)5)71(75)65-63-61-59-57-55-53-51-49-47-27-25-23-21-19-17-15-13-11-9-7-2/h8,10,14,16,20,22,26,28,30-31,33-34,36-37,70-71,75H,6-7,9,11-13,15,17-19,21,23-25,27,29,32,35,38-69H2,1-5H3,(H-,73,76,77,78)/p+1/b10-8-,16-14-,22-20-,28-26-,31-30-,34-33-,37-36-. The quantitative estimate of drug-likeness (QED) is 0.0243. The molecule has 0 spiro atoms. The number of hydrogen-bond acceptors (Lipinski definition) is 5. The van der Waals surface area contributed by atoms with Crippen molar-refractivity contribution in [2.45, 2.75) is 328 Å². The number of phosphoric acid groups is 1. The molecule has 8 nitrogen and oxygen atoms in total. The van der Waals surface area contributed by atoms with Gasteiger partial charge in [0.25, 0.3) is 0 Å². The molecule has 81 heavy (non-hydrogen) atoms. The van der Waals surface area contributed by atoms with Crippen LogP contribution in [-0.4, -0.2) is 73.4 Å². The minimum absolute atomic E-state index is 0.0740. The number of amides is 1. The van der Waals surface area contributed by atoms with Gasteiger partial charge in [0.1, 0.15) is 13.2 Å². The van der Waals surface area contributed by atoms with Crippen LogP contribution in [0.15, 0.2) is 85.1 Å². The maximum atomic E-state index is 13.1. The first-order valence-corrected chi connectivity index (χ1v) is 35.9. The first-order chi connectivity index (χ1) is 39.5. The maximum Gasteiger partial charge on any atom is 0.472 e. The zero-order valence-electron chi connectivity index (χ0n) is 54.0. The van der Waals surface area contributed by atoms with Gasteiger partial charge in [-0.3, -0.25) is 13.8 Å². The second kappa shape index (κ2) is 62.2. The normalized spacial score (nSPS) is 14.2. The Kier molecular flexibility index (Phi) is 60.4. The average molecular weight is 1150 g/mol. The monoisotopic (exact) mass is 1150 g/mol. The highest BCUT2D eigenvalue weighted by Gasteiger charge is 2.28. The molecule has 0 bridgehead atoms. The van der Waals surface area contributed by atoms with E-state index in [-0.39, 0.29) is 19.1 Å². The van der Waals surface area contributed by atoms with E-state index >= 15 is 0 Å². The highest BCUT2D eigenvalue weighted by Crippen LogP contribution is 2.43. The summed E-state index contributed by atoms with van der Waals surface area (Å²) in [6, 6.07) is -0.764. The first kappa shape index (κ1) is 78.7. The Hall–Kier alpha value is -2.32. The Morgan fingerprint density at radius 1 is 0.432 bits per heavy atom. The van der Waals surface area contributed by atoms with Gasteiger partial charge in [0.2, 0.25) is 5.91 Å². The van der Waals surface area contributed by atoms with Crippen LogP contribution in [-0.2, 0) is 18.4 Å². The summed E-state index contributed by atoms with van der Waals surface area (Å²) in [7, 11) is 1.62. The van der Waals surface area contributed by atoms with E-state index in [1.807, 2.05) is 21.1 Å². The van der Waals surface area contributed by atoms with Crippen LogP contribution in [0.2, 0.25) is 0 Å². The third-order valence-electron chi connectivity index (χ3n) is 15.4. The fraction of sp³-hybridized carbons (Fsp3) is 0.792. The van der Waals surface area contributed by atoms with Crippen LogP contribution < -0.4 is 5.32 Å². The van der Waals surface area contributed by atoms with Gasteiger partial charge in [-0.05, 0) is 70.6 Å². The number of aliphatic hydroxyl groups excluding tert-OH is 1. The van der Waals surface area contributed by atoms with E-state index in [1.54, 1.807) is 0 Å². The number of allylic oxidation sites excluding steroid dienone is 14. The molecule has 1 amide bonds. The molecular formula is C72H134N2O6P+. The Morgan fingerprint density at radius 2 is 0.741 bits per heavy atom. The van der Waals surface area contributed by atoms with E-state index in [2.05, 4.69) is 104 Å². The van der Waals surface area contributed by atoms with Crippen molar-refractivity contribution >= 4 is 13.7 Å². The average Bonchev–Trinajstić information content (AvgIpc) is 3.43. The number of likely N-dealkylation sites (N-methyl/N-ethyl adjacent to an activating group) is 1. The molecule has 9 heteroatoms. The fourth-order valence-electron chi connectivity index (χ4n) is 10.1. The molecule has 0 fully saturated rings. The zero-order chi connectivity index (χ0) is 59.1. The predicted molar refractivity (Wildman–Crippen MR) is 355 cm³/mol. The van der Waals surface area contributed by atoms with Crippen molar-refractivity contribution in [1.82, 2.24) is 5.32 Å². The summed E-state index contributed by atoms with van der Waals surface area (Å²) in [5.74, 6) is -0.141. The molecule has 472 valence electrons. The second-order valence-corrected chi connectivity index (χ2v) is 26.0. The molecule has 0 aromatic carbocycles. The summed E-state index contributed by atoms with van der Waals surface area (Å²) < 4.78 is 23.9. The van der Waals surface area contributed by atoms with Crippen molar-refractivity contribution in [2.24, 2.45) is 0 Å². The van der Waals surface area contributed by atoms with E-state index in [4.69, 9.17) is 9.05 Å². The van der Waals surface area contributed by atoms with Crippen molar-refractivity contribution in [2.75, 3.05) is 40.9 Å². The molecule has 3 atom stereocenters. The highest BCUT2D eigenvalue weighted by molar-refractivity contribution is 7.47. The molecular weight excluding hydrogens is 1020 g/mol. The number of phosphoric ester groups is 1. The Morgan fingerprint density at radius 3 is 1.09 bits per heavy atom. The third-order valence-corrected chi connectivity index (χ3v) is 16.4. The highest BCUT2D eigenvalue weighted by atomic mass is 31.2. The lowest BCUT2D eigenvalue weighted by Gasteiger charge is -2.26. The van der Waals surface area contributed by atoms with Crippen LogP contribution in [0.25, 0.3) is 0 Å². The van der Waals surface area contributed by atoms with Gasteiger partial charge in [-0.25, -0.2) is 4.57 Å². The van der Waals surface area contributed by atoms with E-state index in [9.17, 15) is 19.4 Å². The molecule has 0 radical (unpaired) electrons. The lowest BCUT2D eigenvalue weighted by atomic mass is 10.0. The van der Waals surface area contributed by atoms with Crippen molar-refractivity contribution in [3.05, 3.63) is 85.1 Å². The summed E-state index contributed by atoms with van der Waals surface area (Å²) >= 11 is 0. The van der Waals surface area contributed by atoms with Gasteiger partial charge < -0.3 is 19.8 Å². The van der Waals surface area contributed by atoms with Crippen molar-refractivity contribution in [3.8, 4) is 0 Å². The first-order valence-electron chi connectivity index (χ1n) is 34.5. The number of nitrogens with zero attached hydrogens (tertiary/aromatic N) is 1. The minimum atomic E-state index is -4.33. The topological polar surface area (TPSA) is 105 Å². The van der Waals surface area contributed by atoms with Gasteiger partial charge in [-0.2, -0.15) is 0 Å². The number of rotatable bonds is 63. The smallest absolute Gasteiger partial charge is 0.391 e. The van der Waals surface area contributed by atoms with Crippen molar-refractivity contribution in [1.29, 1.82) is 0 Å². The van der Waals surface area contributed by atoms with Crippen LogP contribution in [0.4, 0.5) is 0 Å².